The normalized spacial score (nSPS) is 16.7. The molecule has 3 rings (SSSR count). The van der Waals surface area contributed by atoms with Crippen molar-refractivity contribution < 1.29 is 23.4 Å². The van der Waals surface area contributed by atoms with E-state index in [1.807, 2.05) is 74.5 Å². The Kier molecular flexibility index (Phi) is 10.3. The number of benzene rings is 2. The third-order valence-corrected chi connectivity index (χ3v) is 8.47. The number of amides is 1. The van der Waals surface area contributed by atoms with Gasteiger partial charge in [-0.3, -0.25) is 4.90 Å². The Morgan fingerprint density at radius 3 is 2.00 bits per heavy atom. The lowest BCUT2D eigenvalue weighted by molar-refractivity contribution is 0.0328. The summed E-state index contributed by atoms with van der Waals surface area (Å²) in [5.41, 5.74) is 1.67. The lowest BCUT2D eigenvalue weighted by Crippen LogP contribution is -2.55. The first-order chi connectivity index (χ1) is 17.2. The number of carboxylic acid groups (broad SMARTS) is 1. The minimum atomic E-state index is -3.78. The fraction of sp³-hybridized carbons (Fsp3) is 0.519. The summed E-state index contributed by atoms with van der Waals surface area (Å²) in [5.74, 6) is 0.0456. The summed E-state index contributed by atoms with van der Waals surface area (Å²) in [6.07, 6.45) is 0.526. The Hall–Kier alpha value is -2.46. The van der Waals surface area contributed by atoms with Crippen molar-refractivity contribution in [3.63, 3.8) is 0 Å². The van der Waals surface area contributed by atoms with Gasteiger partial charge in [0, 0.05) is 32.7 Å². The van der Waals surface area contributed by atoms with E-state index in [0.29, 0.717) is 13.1 Å². The highest BCUT2D eigenvalue weighted by Gasteiger charge is 2.37. The van der Waals surface area contributed by atoms with Gasteiger partial charge in [-0.05, 0) is 36.3 Å². The van der Waals surface area contributed by atoms with Gasteiger partial charge in [0.1, 0.15) is 0 Å². The topological polar surface area (TPSA) is 101 Å². The third kappa shape index (κ3) is 7.77. The molecule has 1 amide bonds. The van der Waals surface area contributed by atoms with Gasteiger partial charge in [-0.2, -0.15) is 17.0 Å². The van der Waals surface area contributed by atoms with Crippen LogP contribution in [0.1, 0.15) is 44.2 Å². The summed E-state index contributed by atoms with van der Waals surface area (Å²) in [6.45, 7) is 4.98. The Morgan fingerprint density at radius 1 is 0.917 bits per heavy atom. The molecule has 2 atom stereocenters. The Bertz CT molecular complexity index is 1040. The van der Waals surface area contributed by atoms with Crippen molar-refractivity contribution in [1.29, 1.82) is 0 Å². The van der Waals surface area contributed by atoms with Crippen molar-refractivity contribution >= 4 is 16.3 Å². The zero-order valence-electron chi connectivity index (χ0n) is 21.2. The molecule has 2 aromatic rings. The molecule has 0 unspecified atom stereocenters. The number of nitrogens with zero attached hydrogens (tertiary/aromatic N) is 3. The predicted molar refractivity (Wildman–Crippen MR) is 141 cm³/mol. The molecule has 36 heavy (non-hydrogen) atoms. The standard InChI is InChI=1S/C27H39N3O5S/c1-22(2)19-29(36(34,35)28-16-10-5-11-17-28)21-26(31)25(18-23-12-6-3-7-13-23)30(27(32)33)20-24-14-8-4-9-15-24/h3-4,6-9,12-15,22,25-26,31H,5,10-11,16-21H2,1-2H3,(H,32,33)/t25-,26+/m0/s1. The van der Waals surface area contributed by atoms with Crippen LogP contribution >= 0.6 is 0 Å². The Labute approximate surface area is 215 Å². The van der Waals surface area contributed by atoms with E-state index in [4.69, 9.17) is 0 Å². The van der Waals surface area contributed by atoms with Crippen LogP contribution in [0, 0.1) is 5.92 Å². The molecule has 1 saturated heterocycles. The molecule has 0 saturated carbocycles. The highest BCUT2D eigenvalue weighted by Crippen LogP contribution is 2.22. The molecule has 1 heterocycles. The number of aliphatic hydroxyl groups is 1. The zero-order chi connectivity index (χ0) is 26.1. The quantitative estimate of drug-likeness (QED) is 0.446. The summed E-state index contributed by atoms with van der Waals surface area (Å²) in [7, 11) is -3.78. The molecule has 0 spiro atoms. The fourth-order valence-electron chi connectivity index (χ4n) is 4.68. The molecule has 9 heteroatoms. The summed E-state index contributed by atoms with van der Waals surface area (Å²) < 4.78 is 29.9. The largest absolute Gasteiger partial charge is 0.465 e. The first-order valence-corrected chi connectivity index (χ1v) is 14.1. The van der Waals surface area contributed by atoms with Gasteiger partial charge < -0.3 is 10.2 Å². The highest BCUT2D eigenvalue weighted by molar-refractivity contribution is 7.86. The SMILES string of the molecule is CC(C)CN(C[C@@H](O)[C@H](Cc1ccccc1)N(Cc1ccccc1)C(=O)O)S(=O)(=O)N1CCCCC1. The van der Waals surface area contributed by atoms with Crippen molar-refractivity contribution in [1.82, 2.24) is 13.5 Å². The van der Waals surface area contributed by atoms with Crippen molar-refractivity contribution in [3.8, 4) is 0 Å². The Morgan fingerprint density at radius 2 is 1.47 bits per heavy atom. The van der Waals surface area contributed by atoms with E-state index < -0.39 is 28.4 Å². The van der Waals surface area contributed by atoms with Crippen LogP contribution in [-0.2, 0) is 23.2 Å². The molecule has 1 aliphatic rings. The van der Waals surface area contributed by atoms with Crippen LogP contribution < -0.4 is 0 Å². The van der Waals surface area contributed by atoms with Gasteiger partial charge in [-0.25, -0.2) is 4.79 Å². The number of hydrogen-bond donors (Lipinski definition) is 2. The predicted octanol–water partition coefficient (Wildman–Crippen LogP) is 3.83. The lowest BCUT2D eigenvalue weighted by atomic mass is 9.98. The molecule has 8 nitrogen and oxygen atoms in total. The molecule has 0 radical (unpaired) electrons. The first kappa shape index (κ1) is 28.1. The summed E-state index contributed by atoms with van der Waals surface area (Å²) in [6, 6.07) is 17.8. The summed E-state index contributed by atoms with van der Waals surface area (Å²) in [4.78, 5) is 13.7. The van der Waals surface area contributed by atoms with E-state index in [9.17, 15) is 23.4 Å². The van der Waals surface area contributed by atoms with Crippen molar-refractivity contribution in [2.45, 2.75) is 58.2 Å². The molecule has 1 fully saturated rings. The van der Waals surface area contributed by atoms with Crippen molar-refractivity contribution in [3.05, 3.63) is 71.8 Å². The number of rotatable bonds is 12. The molecular formula is C27H39N3O5S. The fourth-order valence-corrected chi connectivity index (χ4v) is 6.55. The second-order valence-corrected chi connectivity index (χ2v) is 11.8. The van der Waals surface area contributed by atoms with Gasteiger partial charge in [-0.15, -0.1) is 0 Å². The molecule has 0 aromatic heterocycles. The zero-order valence-corrected chi connectivity index (χ0v) is 22.1. The maximum atomic E-state index is 13.5. The maximum Gasteiger partial charge on any atom is 0.407 e. The van der Waals surface area contributed by atoms with E-state index in [-0.39, 0.29) is 32.0 Å². The van der Waals surface area contributed by atoms with E-state index in [1.54, 1.807) is 0 Å². The average molecular weight is 518 g/mol. The highest BCUT2D eigenvalue weighted by atomic mass is 32.2. The molecule has 1 aliphatic heterocycles. The van der Waals surface area contributed by atoms with E-state index in [0.717, 1.165) is 30.4 Å². The number of carbonyl (C=O) groups is 1. The van der Waals surface area contributed by atoms with E-state index in [1.165, 1.54) is 13.5 Å². The molecule has 0 bridgehead atoms. The van der Waals surface area contributed by atoms with E-state index in [2.05, 4.69) is 0 Å². The first-order valence-electron chi connectivity index (χ1n) is 12.7. The molecular weight excluding hydrogens is 478 g/mol. The van der Waals surface area contributed by atoms with Crippen LogP contribution in [0.2, 0.25) is 0 Å². The molecule has 198 valence electrons. The molecule has 2 aromatic carbocycles. The second-order valence-electron chi connectivity index (χ2n) is 9.90. The second kappa shape index (κ2) is 13.2. The van der Waals surface area contributed by atoms with Crippen LogP contribution in [0.15, 0.2) is 60.7 Å². The van der Waals surface area contributed by atoms with Gasteiger partial charge in [0.15, 0.2) is 0 Å². The number of piperidine rings is 1. The Balaban J connectivity index is 1.91. The third-order valence-electron chi connectivity index (χ3n) is 6.50. The molecule has 2 N–H and O–H groups in total. The van der Waals surface area contributed by atoms with Gasteiger partial charge in [0.2, 0.25) is 0 Å². The number of aliphatic hydroxyl groups excluding tert-OH is 1. The number of hydrogen-bond acceptors (Lipinski definition) is 4. The van der Waals surface area contributed by atoms with Gasteiger partial charge in [0.25, 0.3) is 10.2 Å². The molecule has 0 aliphatic carbocycles. The minimum absolute atomic E-state index is 0.0456. The van der Waals surface area contributed by atoms with Crippen molar-refractivity contribution in [2.75, 3.05) is 26.2 Å². The van der Waals surface area contributed by atoms with Crippen LogP contribution in [-0.4, -0.2) is 76.6 Å². The van der Waals surface area contributed by atoms with Crippen LogP contribution in [0.3, 0.4) is 0 Å². The van der Waals surface area contributed by atoms with E-state index >= 15 is 0 Å². The minimum Gasteiger partial charge on any atom is -0.465 e. The van der Waals surface area contributed by atoms with Gasteiger partial charge >= 0.3 is 6.09 Å². The van der Waals surface area contributed by atoms with Crippen LogP contribution in [0.25, 0.3) is 0 Å². The summed E-state index contributed by atoms with van der Waals surface area (Å²) >= 11 is 0. The monoisotopic (exact) mass is 517 g/mol. The average Bonchev–Trinajstić information content (AvgIpc) is 2.87. The van der Waals surface area contributed by atoms with Crippen LogP contribution in [0.4, 0.5) is 4.79 Å². The smallest absolute Gasteiger partial charge is 0.407 e. The maximum absolute atomic E-state index is 13.5. The van der Waals surface area contributed by atoms with Crippen LogP contribution in [0.5, 0.6) is 0 Å². The van der Waals surface area contributed by atoms with Gasteiger partial charge in [-0.1, -0.05) is 80.9 Å². The van der Waals surface area contributed by atoms with Gasteiger partial charge in [0.05, 0.1) is 12.1 Å². The van der Waals surface area contributed by atoms with Crippen molar-refractivity contribution in [2.24, 2.45) is 5.92 Å². The lowest BCUT2D eigenvalue weighted by Gasteiger charge is -2.38. The summed E-state index contributed by atoms with van der Waals surface area (Å²) in [5, 5.41) is 21.6.